The van der Waals surface area contributed by atoms with Crippen LogP contribution in [0.25, 0.3) is 0 Å². The summed E-state index contributed by atoms with van der Waals surface area (Å²) < 4.78 is 10.4. The highest BCUT2D eigenvalue weighted by atomic mass is 35.5. The Bertz CT molecular complexity index is 1020. The first-order valence-corrected chi connectivity index (χ1v) is 8.94. The number of amides is 2. The fourth-order valence-corrected chi connectivity index (χ4v) is 2.89. The van der Waals surface area contributed by atoms with Crippen molar-refractivity contribution in [3.63, 3.8) is 0 Å². The predicted molar refractivity (Wildman–Crippen MR) is 111 cm³/mol. The largest absolute Gasteiger partial charge is 0.493 e. The minimum atomic E-state index is -0.375. The Hall–Kier alpha value is -3.58. The number of pyridine rings is 1. The van der Waals surface area contributed by atoms with Crippen LogP contribution in [-0.4, -0.2) is 31.0 Å². The van der Waals surface area contributed by atoms with Gasteiger partial charge in [-0.1, -0.05) is 11.6 Å². The molecule has 3 aromatic rings. The van der Waals surface area contributed by atoms with Crippen molar-refractivity contribution >= 4 is 34.8 Å². The first kappa shape index (κ1) is 20.2. The molecule has 0 saturated heterocycles. The highest BCUT2D eigenvalue weighted by Gasteiger charge is 2.15. The molecule has 2 aromatic carbocycles. The Morgan fingerprint density at radius 1 is 0.897 bits per heavy atom. The molecule has 1 heterocycles. The second-order valence-corrected chi connectivity index (χ2v) is 6.33. The summed E-state index contributed by atoms with van der Waals surface area (Å²) in [6.45, 7) is 0. The maximum Gasteiger partial charge on any atom is 0.255 e. The van der Waals surface area contributed by atoms with Crippen molar-refractivity contribution < 1.29 is 19.1 Å². The first-order chi connectivity index (χ1) is 14.0. The van der Waals surface area contributed by atoms with Crippen LogP contribution in [0.5, 0.6) is 11.5 Å². The number of benzene rings is 2. The van der Waals surface area contributed by atoms with E-state index in [9.17, 15) is 9.59 Å². The lowest BCUT2D eigenvalue weighted by molar-refractivity contribution is 0.101. The lowest BCUT2D eigenvalue weighted by Crippen LogP contribution is -2.14. The van der Waals surface area contributed by atoms with Gasteiger partial charge in [-0.25, -0.2) is 0 Å². The van der Waals surface area contributed by atoms with Crippen LogP contribution in [0.2, 0.25) is 5.02 Å². The molecular weight excluding hydrogens is 394 g/mol. The summed E-state index contributed by atoms with van der Waals surface area (Å²) in [6, 6.07) is 13.0. The van der Waals surface area contributed by atoms with Gasteiger partial charge in [-0.05, 0) is 48.5 Å². The van der Waals surface area contributed by atoms with Gasteiger partial charge in [-0.2, -0.15) is 0 Å². The van der Waals surface area contributed by atoms with E-state index >= 15 is 0 Å². The first-order valence-electron chi connectivity index (χ1n) is 8.56. The summed E-state index contributed by atoms with van der Waals surface area (Å²) in [5, 5.41) is 5.76. The Morgan fingerprint density at radius 2 is 1.59 bits per heavy atom. The van der Waals surface area contributed by atoms with Crippen LogP contribution >= 0.6 is 11.6 Å². The van der Waals surface area contributed by atoms with Gasteiger partial charge in [0, 0.05) is 23.0 Å². The van der Waals surface area contributed by atoms with E-state index in [1.54, 1.807) is 48.8 Å². The summed E-state index contributed by atoms with van der Waals surface area (Å²) in [7, 11) is 2.93. The number of anilines is 2. The number of hydrogen-bond acceptors (Lipinski definition) is 5. The van der Waals surface area contributed by atoms with Gasteiger partial charge >= 0.3 is 0 Å². The van der Waals surface area contributed by atoms with Crippen LogP contribution in [0.3, 0.4) is 0 Å². The second-order valence-electron chi connectivity index (χ2n) is 5.92. The minimum absolute atomic E-state index is 0.263. The molecule has 0 aliphatic heterocycles. The van der Waals surface area contributed by atoms with Crippen molar-refractivity contribution in [2.75, 3.05) is 24.9 Å². The van der Waals surface area contributed by atoms with Crippen LogP contribution in [-0.2, 0) is 0 Å². The number of nitrogens with one attached hydrogen (secondary N) is 2. The molecule has 0 radical (unpaired) electrons. The van der Waals surface area contributed by atoms with E-state index in [4.69, 9.17) is 21.1 Å². The number of nitrogens with zero attached hydrogens (tertiary/aromatic N) is 1. The fourth-order valence-electron chi connectivity index (χ4n) is 2.60. The molecule has 0 aliphatic rings. The topological polar surface area (TPSA) is 89.5 Å². The van der Waals surface area contributed by atoms with Gasteiger partial charge in [0.1, 0.15) is 0 Å². The monoisotopic (exact) mass is 411 g/mol. The molecular formula is C21H18ClN3O4. The molecule has 0 bridgehead atoms. The van der Waals surface area contributed by atoms with E-state index in [0.29, 0.717) is 34.0 Å². The Balaban J connectivity index is 1.70. The van der Waals surface area contributed by atoms with Crippen molar-refractivity contribution in [2.45, 2.75) is 0 Å². The molecule has 0 fully saturated rings. The van der Waals surface area contributed by atoms with Crippen molar-refractivity contribution in [1.29, 1.82) is 0 Å². The van der Waals surface area contributed by atoms with E-state index in [1.165, 1.54) is 26.4 Å². The highest BCUT2D eigenvalue weighted by Crippen LogP contribution is 2.36. The maximum absolute atomic E-state index is 12.5. The van der Waals surface area contributed by atoms with E-state index in [0.717, 1.165) is 0 Å². The number of aromatic nitrogens is 1. The van der Waals surface area contributed by atoms with E-state index in [1.807, 2.05) is 0 Å². The molecule has 2 amide bonds. The molecule has 7 nitrogen and oxygen atoms in total. The van der Waals surface area contributed by atoms with Crippen molar-refractivity contribution in [3.8, 4) is 11.5 Å². The molecule has 3 rings (SSSR count). The van der Waals surface area contributed by atoms with Crippen LogP contribution < -0.4 is 20.1 Å². The molecule has 1 aromatic heterocycles. The third-order valence-corrected chi connectivity index (χ3v) is 4.30. The summed E-state index contributed by atoms with van der Waals surface area (Å²) in [5.74, 6) is 0.0604. The Morgan fingerprint density at radius 3 is 2.21 bits per heavy atom. The van der Waals surface area contributed by atoms with Gasteiger partial charge in [0.25, 0.3) is 11.8 Å². The number of hydrogen-bond donors (Lipinski definition) is 2. The number of ether oxygens (including phenoxy) is 2. The van der Waals surface area contributed by atoms with Crippen LogP contribution in [0.1, 0.15) is 20.7 Å². The molecule has 0 saturated carbocycles. The highest BCUT2D eigenvalue weighted by molar-refractivity contribution is 6.32. The second kappa shape index (κ2) is 9.07. The number of methoxy groups -OCH3 is 2. The molecule has 8 heteroatoms. The zero-order valence-corrected chi connectivity index (χ0v) is 16.5. The summed E-state index contributed by atoms with van der Waals surface area (Å²) >= 11 is 6.15. The van der Waals surface area contributed by atoms with Crippen molar-refractivity contribution in [3.05, 3.63) is 77.1 Å². The standard InChI is InChI=1S/C21H18ClN3O4/c1-28-18-11-14(10-17(22)19(18)29-2)21(27)24-15-7-5-13(6-8-15)20(26)25-16-4-3-9-23-12-16/h3-12H,1-2H3,(H,24,27)(H,25,26). The third-order valence-electron chi connectivity index (χ3n) is 4.02. The van der Waals surface area contributed by atoms with Gasteiger partial charge < -0.3 is 20.1 Å². The number of carbonyl (C=O) groups is 2. The van der Waals surface area contributed by atoms with Crippen LogP contribution in [0.4, 0.5) is 11.4 Å². The summed E-state index contributed by atoms with van der Waals surface area (Å²) in [6.07, 6.45) is 3.18. The van der Waals surface area contributed by atoms with Gasteiger partial charge in [-0.3, -0.25) is 14.6 Å². The summed E-state index contributed by atoms with van der Waals surface area (Å²) in [4.78, 5) is 28.8. The lowest BCUT2D eigenvalue weighted by Gasteiger charge is -2.12. The quantitative estimate of drug-likeness (QED) is 0.632. The Kier molecular flexibility index (Phi) is 6.31. The number of rotatable bonds is 6. The lowest BCUT2D eigenvalue weighted by atomic mass is 10.1. The number of carbonyl (C=O) groups excluding carboxylic acids is 2. The normalized spacial score (nSPS) is 10.2. The van der Waals surface area contributed by atoms with Gasteiger partial charge in [-0.15, -0.1) is 0 Å². The molecule has 0 atom stereocenters. The SMILES string of the molecule is COc1cc(C(=O)Nc2ccc(C(=O)Nc3cccnc3)cc2)cc(Cl)c1OC. The van der Waals surface area contributed by atoms with E-state index < -0.39 is 0 Å². The molecule has 0 unspecified atom stereocenters. The average Bonchev–Trinajstić information content (AvgIpc) is 2.74. The van der Waals surface area contributed by atoms with Crippen LogP contribution in [0.15, 0.2) is 60.9 Å². The van der Waals surface area contributed by atoms with Crippen molar-refractivity contribution in [2.24, 2.45) is 0 Å². The smallest absolute Gasteiger partial charge is 0.255 e. The van der Waals surface area contributed by atoms with Gasteiger partial charge in [0.15, 0.2) is 11.5 Å². The average molecular weight is 412 g/mol. The molecule has 29 heavy (non-hydrogen) atoms. The molecule has 2 N–H and O–H groups in total. The van der Waals surface area contributed by atoms with Gasteiger partial charge in [0.05, 0.1) is 31.1 Å². The fraction of sp³-hybridized carbons (Fsp3) is 0.0952. The third kappa shape index (κ3) is 4.83. The van der Waals surface area contributed by atoms with Gasteiger partial charge in [0.2, 0.25) is 0 Å². The van der Waals surface area contributed by atoms with E-state index in [2.05, 4.69) is 15.6 Å². The maximum atomic E-state index is 12.5. The minimum Gasteiger partial charge on any atom is -0.493 e. The van der Waals surface area contributed by atoms with Crippen LogP contribution in [0, 0.1) is 0 Å². The summed E-state index contributed by atoms with van der Waals surface area (Å²) in [5.41, 5.74) is 1.88. The van der Waals surface area contributed by atoms with E-state index in [-0.39, 0.29) is 16.8 Å². The number of halogens is 1. The predicted octanol–water partition coefficient (Wildman–Crippen LogP) is 4.26. The molecule has 0 aliphatic carbocycles. The Labute approximate surface area is 172 Å². The van der Waals surface area contributed by atoms with Crippen molar-refractivity contribution in [1.82, 2.24) is 4.98 Å². The molecule has 0 spiro atoms. The zero-order valence-electron chi connectivity index (χ0n) is 15.7. The zero-order chi connectivity index (χ0) is 20.8. The molecule has 148 valence electrons.